The van der Waals surface area contributed by atoms with Crippen molar-refractivity contribution in [3.63, 3.8) is 0 Å². The van der Waals surface area contributed by atoms with Crippen LogP contribution in [0.2, 0.25) is 0 Å². The molecule has 1 aliphatic rings. The zero-order valence-electron chi connectivity index (χ0n) is 14.6. The number of benzene rings is 1. The maximum Gasteiger partial charge on any atom is 0.234 e. The monoisotopic (exact) mass is 338 g/mol. The fourth-order valence-corrected chi connectivity index (χ4v) is 3.06. The van der Waals surface area contributed by atoms with Gasteiger partial charge in [0.1, 0.15) is 0 Å². The van der Waals surface area contributed by atoms with Gasteiger partial charge in [-0.2, -0.15) is 0 Å². The van der Waals surface area contributed by atoms with Gasteiger partial charge in [0.2, 0.25) is 5.91 Å². The first-order valence-corrected chi connectivity index (χ1v) is 8.94. The third-order valence-electron chi connectivity index (χ3n) is 4.63. The fourth-order valence-electron chi connectivity index (χ4n) is 3.06. The third kappa shape index (κ3) is 5.96. The molecular formula is C20H26N4O. The first kappa shape index (κ1) is 17.6. The Hall–Kier alpha value is -2.24. The lowest BCUT2D eigenvalue weighted by Gasteiger charge is -2.34. The van der Waals surface area contributed by atoms with Gasteiger partial charge in [-0.15, -0.1) is 0 Å². The molecule has 5 nitrogen and oxygen atoms in total. The highest BCUT2D eigenvalue weighted by Gasteiger charge is 2.18. The van der Waals surface area contributed by atoms with Gasteiger partial charge in [-0.25, -0.2) is 0 Å². The molecule has 1 amide bonds. The molecule has 2 heterocycles. The maximum absolute atomic E-state index is 12.1. The molecule has 0 aliphatic carbocycles. The van der Waals surface area contributed by atoms with E-state index in [2.05, 4.69) is 32.2 Å². The van der Waals surface area contributed by atoms with Crippen LogP contribution in [0, 0.1) is 0 Å². The van der Waals surface area contributed by atoms with E-state index in [1.165, 1.54) is 5.56 Å². The number of nitrogens with zero attached hydrogens (tertiary/aromatic N) is 3. The van der Waals surface area contributed by atoms with Crippen LogP contribution in [0.4, 0.5) is 0 Å². The van der Waals surface area contributed by atoms with E-state index in [0.29, 0.717) is 13.1 Å². The second-order valence-corrected chi connectivity index (χ2v) is 6.49. The second-order valence-electron chi connectivity index (χ2n) is 6.49. The van der Waals surface area contributed by atoms with Crippen LogP contribution in [0.25, 0.3) is 0 Å². The van der Waals surface area contributed by atoms with Crippen molar-refractivity contribution < 1.29 is 4.79 Å². The minimum Gasteiger partial charge on any atom is -0.351 e. The number of hydrogen-bond acceptors (Lipinski definition) is 4. The van der Waals surface area contributed by atoms with E-state index in [1.807, 2.05) is 42.7 Å². The summed E-state index contributed by atoms with van der Waals surface area (Å²) >= 11 is 0. The highest BCUT2D eigenvalue weighted by molar-refractivity contribution is 5.78. The Balaban J connectivity index is 1.32. The summed E-state index contributed by atoms with van der Waals surface area (Å²) < 4.78 is 0. The van der Waals surface area contributed by atoms with Crippen LogP contribution in [-0.2, 0) is 17.8 Å². The summed E-state index contributed by atoms with van der Waals surface area (Å²) in [6, 6.07) is 14.2. The van der Waals surface area contributed by atoms with Crippen molar-refractivity contribution in [2.45, 2.75) is 13.0 Å². The number of carbonyl (C=O) groups excluding carboxylic acids is 1. The highest BCUT2D eigenvalue weighted by atomic mass is 16.2. The van der Waals surface area contributed by atoms with E-state index in [9.17, 15) is 4.79 Å². The third-order valence-corrected chi connectivity index (χ3v) is 4.63. The van der Waals surface area contributed by atoms with Crippen molar-refractivity contribution in [3.05, 3.63) is 66.0 Å². The molecule has 25 heavy (non-hydrogen) atoms. The predicted octanol–water partition coefficient (Wildman–Crippen LogP) is 1.56. The topological polar surface area (TPSA) is 48.5 Å². The van der Waals surface area contributed by atoms with E-state index in [0.717, 1.165) is 44.7 Å². The minimum absolute atomic E-state index is 0.106. The number of hydrogen-bond donors (Lipinski definition) is 1. The summed E-state index contributed by atoms with van der Waals surface area (Å²) in [7, 11) is 0. The molecule has 0 saturated carbocycles. The van der Waals surface area contributed by atoms with Crippen LogP contribution >= 0.6 is 0 Å². The Bertz CT molecular complexity index is 639. The summed E-state index contributed by atoms with van der Waals surface area (Å²) in [6.45, 7) is 6.12. The smallest absolute Gasteiger partial charge is 0.234 e. The van der Waals surface area contributed by atoms with Gasteiger partial charge in [-0.1, -0.05) is 30.3 Å². The zero-order chi connectivity index (χ0) is 17.3. The van der Waals surface area contributed by atoms with Crippen molar-refractivity contribution in [1.29, 1.82) is 0 Å². The van der Waals surface area contributed by atoms with Crippen molar-refractivity contribution in [3.8, 4) is 0 Å². The van der Waals surface area contributed by atoms with E-state index in [1.54, 1.807) is 0 Å². The molecule has 1 N–H and O–H groups in total. The molecule has 1 aromatic carbocycles. The van der Waals surface area contributed by atoms with Gasteiger partial charge >= 0.3 is 0 Å². The van der Waals surface area contributed by atoms with Gasteiger partial charge in [-0.05, 0) is 29.7 Å². The second kappa shape index (κ2) is 9.30. The van der Waals surface area contributed by atoms with E-state index in [4.69, 9.17) is 0 Å². The molecule has 2 aromatic rings. The molecule has 0 bridgehead atoms. The van der Waals surface area contributed by atoms with Gasteiger partial charge in [0.15, 0.2) is 0 Å². The first-order chi connectivity index (χ1) is 12.3. The van der Waals surface area contributed by atoms with Crippen molar-refractivity contribution >= 4 is 5.91 Å². The summed E-state index contributed by atoms with van der Waals surface area (Å²) in [6.07, 6.45) is 4.75. The number of pyridine rings is 1. The number of aromatic nitrogens is 1. The van der Waals surface area contributed by atoms with Gasteiger partial charge in [0.25, 0.3) is 0 Å². The van der Waals surface area contributed by atoms with Gasteiger partial charge in [0, 0.05) is 51.7 Å². The molecule has 132 valence electrons. The van der Waals surface area contributed by atoms with Crippen LogP contribution in [0.15, 0.2) is 54.9 Å². The van der Waals surface area contributed by atoms with Crippen LogP contribution in [0.1, 0.15) is 11.1 Å². The zero-order valence-corrected chi connectivity index (χ0v) is 14.6. The lowest BCUT2D eigenvalue weighted by molar-refractivity contribution is -0.122. The molecule has 0 radical (unpaired) electrons. The van der Waals surface area contributed by atoms with Gasteiger partial charge in [-0.3, -0.25) is 14.7 Å². The summed E-state index contributed by atoms with van der Waals surface area (Å²) in [5.74, 6) is 0.106. The molecule has 1 fully saturated rings. The standard InChI is InChI=1S/C20H26N4O/c25-20(22-16-19-4-2-1-3-5-19)17-24-14-12-23(13-15-24)11-8-18-6-9-21-10-7-18/h1-7,9-10H,8,11-17H2,(H,22,25). The number of rotatable bonds is 7. The Morgan fingerprint density at radius 2 is 1.60 bits per heavy atom. The minimum atomic E-state index is 0.106. The predicted molar refractivity (Wildman–Crippen MR) is 99.1 cm³/mol. The lowest BCUT2D eigenvalue weighted by atomic mass is 10.2. The quantitative estimate of drug-likeness (QED) is 0.832. The average molecular weight is 338 g/mol. The summed E-state index contributed by atoms with van der Waals surface area (Å²) in [4.78, 5) is 20.9. The largest absolute Gasteiger partial charge is 0.351 e. The molecule has 3 rings (SSSR count). The molecule has 0 unspecified atom stereocenters. The fraction of sp³-hybridized carbons (Fsp3) is 0.400. The van der Waals surface area contributed by atoms with Crippen LogP contribution < -0.4 is 5.32 Å². The molecule has 0 spiro atoms. The molecule has 1 aliphatic heterocycles. The SMILES string of the molecule is O=C(CN1CCN(CCc2ccncc2)CC1)NCc1ccccc1. The van der Waals surface area contributed by atoms with Gasteiger partial charge in [0.05, 0.1) is 6.54 Å². The van der Waals surface area contributed by atoms with E-state index in [-0.39, 0.29) is 5.91 Å². The normalized spacial score (nSPS) is 15.8. The van der Waals surface area contributed by atoms with Crippen LogP contribution in [0.3, 0.4) is 0 Å². The lowest BCUT2D eigenvalue weighted by Crippen LogP contribution is -2.49. The van der Waals surface area contributed by atoms with Crippen molar-refractivity contribution in [2.75, 3.05) is 39.3 Å². The van der Waals surface area contributed by atoms with Crippen LogP contribution in [-0.4, -0.2) is 60.0 Å². The molecule has 1 saturated heterocycles. The Morgan fingerprint density at radius 3 is 2.32 bits per heavy atom. The van der Waals surface area contributed by atoms with E-state index < -0.39 is 0 Å². The first-order valence-electron chi connectivity index (χ1n) is 8.94. The molecular weight excluding hydrogens is 312 g/mol. The number of amides is 1. The summed E-state index contributed by atoms with van der Waals surface area (Å²) in [5, 5.41) is 3.00. The Labute approximate surface area is 149 Å². The molecule has 5 heteroatoms. The molecule has 0 atom stereocenters. The Kier molecular flexibility index (Phi) is 6.54. The number of nitrogens with one attached hydrogen (secondary N) is 1. The van der Waals surface area contributed by atoms with Gasteiger partial charge < -0.3 is 10.2 Å². The Morgan fingerprint density at radius 1 is 0.920 bits per heavy atom. The number of carbonyl (C=O) groups is 1. The summed E-state index contributed by atoms with van der Waals surface area (Å²) in [5.41, 5.74) is 2.47. The van der Waals surface area contributed by atoms with Crippen molar-refractivity contribution in [1.82, 2.24) is 20.1 Å². The average Bonchev–Trinajstić information content (AvgIpc) is 2.67. The maximum atomic E-state index is 12.1. The highest BCUT2D eigenvalue weighted by Crippen LogP contribution is 2.05. The number of piperazine rings is 1. The van der Waals surface area contributed by atoms with Crippen molar-refractivity contribution in [2.24, 2.45) is 0 Å². The van der Waals surface area contributed by atoms with Crippen LogP contribution in [0.5, 0.6) is 0 Å². The molecule has 1 aromatic heterocycles. The van der Waals surface area contributed by atoms with E-state index >= 15 is 0 Å².